The maximum absolute atomic E-state index is 12.6. The summed E-state index contributed by atoms with van der Waals surface area (Å²) in [7, 11) is 1.77. The predicted octanol–water partition coefficient (Wildman–Crippen LogP) is 3.24. The van der Waals surface area contributed by atoms with E-state index in [-0.39, 0.29) is 0 Å². The lowest BCUT2D eigenvalue weighted by Crippen LogP contribution is -2.08. The molecule has 0 spiro atoms. The molecule has 0 unspecified atom stereocenters. The molecular formula is C12H13F3N2O2. The van der Waals surface area contributed by atoms with E-state index >= 15 is 0 Å². The van der Waals surface area contributed by atoms with Gasteiger partial charge in [-0.3, -0.25) is 10.1 Å². The van der Waals surface area contributed by atoms with E-state index in [1.807, 2.05) is 0 Å². The quantitative estimate of drug-likeness (QED) is 0.509. The second kappa shape index (κ2) is 6.33. The van der Waals surface area contributed by atoms with E-state index in [1.54, 1.807) is 19.2 Å². The Morgan fingerprint density at radius 3 is 2.63 bits per heavy atom. The van der Waals surface area contributed by atoms with E-state index in [0.29, 0.717) is 12.0 Å². The average Bonchev–Trinajstić information content (AvgIpc) is 2.33. The number of hydrogen-bond acceptors (Lipinski definition) is 3. The number of rotatable bonds is 5. The Hall–Kier alpha value is -1.89. The van der Waals surface area contributed by atoms with Crippen LogP contribution in [0.25, 0.3) is 6.08 Å². The highest BCUT2D eigenvalue weighted by atomic mass is 19.4. The fourth-order valence-corrected chi connectivity index (χ4v) is 1.49. The van der Waals surface area contributed by atoms with Crippen LogP contribution in [0.2, 0.25) is 0 Å². The molecule has 4 nitrogen and oxygen atoms in total. The standard InChI is InChI=1S/C12H13F3N2O2/c1-16-7-3-2-4-9-5-6-10(12(13,14)15)11(8-9)17(18)19/h2,4-6,8,16H,3,7H2,1H3. The lowest BCUT2D eigenvalue weighted by atomic mass is 10.1. The molecule has 0 bridgehead atoms. The van der Waals surface area contributed by atoms with Gasteiger partial charge in [0.15, 0.2) is 0 Å². The Balaban J connectivity index is 3.03. The van der Waals surface area contributed by atoms with E-state index in [2.05, 4.69) is 5.32 Å². The van der Waals surface area contributed by atoms with E-state index in [0.717, 1.165) is 18.7 Å². The molecule has 19 heavy (non-hydrogen) atoms. The molecule has 1 N–H and O–H groups in total. The monoisotopic (exact) mass is 274 g/mol. The van der Waals surface area contributed by atoms with Crippen molar-refractivity contribution in [1.29, 1.82) is 0 Å². The van der Waals surface area contributed by atoms with Gasteiger partial charge in [-0.05, 0) is 31.6 Å². The van der Waals surface area contributed by atoms with Crippen LogP contribution in [0.15, 0.2) is 24.3 Å². The second-order valence-electron chi connectivity index (χ2n) is 3.83. The van der Waals surface area contributed by atoms with Crippen LogP contribution in [0, 0.1) is 10.1 Å². The molecule has 0 amide bonds. The van der Waals surface area contributed by atoms with Crippen LogP contribution in [0.1, 0.15) is 17.5 Å². The fraction of sp³-hybridized carbons (Fsp3) is 0.333. The highest BCUT2D eigenvalue weighted by Crippen LogP contribution is 2.36. The molecule has 0 aliphatic heterocycles. The van der Waals surface area contributed by atoms with Crippen molar-refractivity contribution in [3.05, 3.63) is 45.5 Å². The van der Waals surface area contributed by atoms with Crippen LogP contribution < -0.4 is 5.32 Å². The normalized spacial score (nSPS) is 12.0. The maximum Gasteiger partial charge on any atom is 0.422 e. The van der Waals surface area contributed by atoms with Gasteiger partial charge in [-0.2, -0.15) is 13.2 Å². The molecule has 0 atom stereocenters. The van der Waals surface area contributed by atoms with Crippen molar-refractivity contribution in [3.63, 3.8) is 0 Å². The largest absolute Gasteiger partial charge is 0.422 e. The number of alkyl halides is 3. The van der Waals surface area contributed by atoms with Gasteiger partial charge in [0.05, 0.1) is 4.92 Å². The van der Waals surface area contributed by atoms with Crippen molar-refractivity contribution in [2.24, 2.45) is 0 Å². The molecule has 0 aliphatic carbocycles. The number of hydrogen-bond donors (Lipinski definition) is 1. The van der Waals surface area contributed by atoms with Gasteiger partial charge in [0, 0.05) is 6.07 Å². The van der Waals surface area contributed by atoms with Gasteiger partial charge < -0.3 is 5.32 Å². The predicted molar refractivity (Wildman–Crippen MR) is 65.7 cm³/mol. The van der Waals surface area contributed by atoms with Crippen LogP contribution >= 0.6 is 0 Å². The first-order valence-electron chi connectivity index (χ1n) is 5.53. The molecule has 104 valence electrons. The number of halogens is 3. The zero-order valence-electron chi connectivity index (χ0n) is 10.2. The topological polar surface area (TPSA) is 55.2 Å². The van der Waals surface area contributed by atoms with Gasteiger partial charge >= 0.3 is 6.18 Å². The molecule has 1 rings (SSSR count). The van der Waals surface area contributed by atoms with Crippen LogP contribution in [0.5, 0.6) is 0 Å². The number of benzene rings is 1. The van der Waals surface area contributed by atoms with Gasteiger partial charge in [-0.25, -0.2) is 0 Å². The third-order valence-electron chi connectivity index (χ3n) is 2.40. The molecule has 0 fully saturated rings. The summed E-state index contributed by atoms with van der Waals surface area (Å²) in [5.74, 6) is 0. The zero-order chi connectivity index (χ0) is 14.5. The number of nitrogens with zero attached hydrogens (tertiary/aromatic N) is 1. The third-order valence-corrected chi connectivity index (χ3v) is 2.40. The van der Waals surface area contributed by atoms with Crippen molar-refractivity contribution in [3.8, 4) is 0 Å². The van der Waals surface area contributed by atoms with Gasteiger partial charge in [-0.1, -0.05) is 18.2 Å². The summed E-state index contributed by atoms with van der Waals surface area (Å²) >= 11 is 0. The number of nitro benzene ring substituents is 1. The summed E-state index contributed by atoms with van der Waals surface area (Å²) in [5.41, 5.74) is -1.79. The molecule has 0 saturated carbocycles. The van der Waals surface area contributed by atoms with Crippen molar-refractivity contribution < 1.29 is 18.1 Å². The Morgan fingerprint density at radius 1 is 1.42 bits per heavy atom. The fourth-order valence-electron chi connectivity index (χ4n) is 1.49. The van der Waals surface area contributed by atoms with E-state index in [1.165, 1.54) is 6.07 Å². The van der Waals surface area contributed by atoms with Gasteiger partial charge in [-0.15, -0.1) is 0 Å². The number of nitrogens with one attached hydrogen (secondary N) is 1. The van der Waals surface area contributed by atoms with Gasteiger partial charge in [0.25, 0.3) is 5.69 Å². The summed E-state index contributed by atoms with van der Waals surface area (Å²) in [6.07, 6.45) is -0.741. The minimum absolute atomic E-state index is 0.371. The van der Waals surface area contributed by atoms with Gasteiger partial charge in [0.1, 0.15) is 5.56 Å². The molecule has 7 heteroatoms. The van der Waals surface area contributed by atoms with Crippen LogP contribution in [0.4, 0.5) is 18.9 Å². The molecule has 0 radical (unpaired) electrons. The van der Waals surface area contributed by atoms with E-state index in [9.17, 15) is 23.3 Å². The lowest BCUT2D eigenvalue weighted by Gasteiger charge is -2.07. The summed E-state index contributed by atoms with van der Waals surface area (Å²) < 4.78 is 37.7. The first-order valence-corrected chi connectivity index (χ1v) is 5.53. The van der Waals surface area contributed by atoms with Crippen LogP contribution in [-0.2, 0) is 6.18 Å². The minimum atomic E-state index is -4.73. The summed E-state index contributed by atoms with van der Waals surface area (Å²) in [5, 5.41) is 13.6. The summed E-state index contributed by atoms with van der Waals surface area (Å²) in [4.78, 5) is 9.65. The van der Waals surface area contributed by atoms with E-state index < -0.39 is 22.4 Å². The summed E-state index contributed by atoms with van der Waals surface area (Å²) in [6.45, 7) is 0.721. The van der Waals surface area contributed by atoms with Crippen molar-refractivity contribution in [2.45, 2.75) is 12.6 Å². The molecule has 1 aromatic carbocycles. The molecule has 0 aliphatic rings. The first-order chi connectivity index (χ1) is 8.86. The number of nitro groups is 1. The Morgan fingerprint density at radius 2 is 2.11 bits per heavy atom. The molecule has 0 saturated heterocycles. The van der Waals surface area contributed by atoms with E-state index in [4.69, 9.17) is 0 Å². The third kappa shape index (κ3) is 4.36. The highest BCUT2D eigenvalue weighted by molar-refractivity contribution is 5.56. The lowest BCUT2D eigenvalue weighted by molar-refractivity contribution is -0.388. The SMILES string of the molecule is CNCCC=Cc1ccc(C(F)(F)F)c([N+](=O)[O-])c1. The molecule has 0 aromatic heterocycles. The first kappa shape index (κ1) is 15.2. The van der Waals surface area contributed by atoms with Crippen molar-refractivity contribution in [2.75, 3.05) is 13.6 Å². The van der Waals surface area contributed by atoms with Gasteiger partial charge in [0.2, 0.25) is 0 Å². The van der Waals surface area contributed by atoms with Crippen LogP contribution in [0.3, 0.4) is 0 Å². The Kier molecular flexibility index (Phi) is 5.05. The average molecular weight is 274 g/mol. The van der Waals surface area contributed by atoms with Crippen LogP contribution in [-0.4, -0.2) is 18.5 Å². The summed E-state index contributed by atoms with van der Waals surface area (Å²) in [6, 6.07) is 2.88. The van der Waals surface area contributed by atoms with Crippen molar-refractivity contribution >= 4 is 11.8 Å². The molecule has 1 aromatic rings. The second-order valence-corrected chi connectivity index (χ2v) is 3.83. The molecule has 0 heterocycles. The smallest absolute Gasteiger partial charge is 0.319 e. The van der Waals surface area contributed by atoms with Crippen molar-refractivity contribution in [1.82, 2.24) is 5.32 Å². The minimum Gasteiger partial charge on any atom is -0.319 e. The Labute approximate surface area is 108 Å². The molecular weight excluding hydrogens is 261 g/mol. The Bertz CT molecular complexity index is 484. The maximum atomic E-state index is 12.6. The highest BCUT2D eigenvalue weighted by Gasteiger charge is 2.38. The zero-order valence-corrected chi connectivity index (χ0v) is 10.2.